The number of hydrogen-bond donors (Lipinski definition) is 16. The van der Waals surface area contributed by atoms with E-state index in [-0.39, 0.29) is 425 Å². The Bertz CT molecular complexity index is 5470. The number of anilines is 2. The van der Waals surface area contributed by atoms with Crippen molar-refractivity contribution in [2.75, 3.05) is 37.1 Å². The molecule has 136 heavy (non-hydrogen) atoms. The molecule has 2 aromatic rings. The average Bonchev–Trinajstić information content (AvgIpc) is 0.755. The van der Waals surface area contributed by atoms with Crippen molar-refractivity contribution >= 4 is 583 Å². The summed E-state index contributed by atoms with van der Waals surface area (Å²) in [5.74, 6) is -3.63. The molecule has 20 atom stereocenters. The first kappa shape index (κ1) is 162. The monoisotopic (exact) mass is 2390 g/mol. The molecular formula is C40H56N2Na14O66S14. The quantitative estimate of drug-likeness (QED) is 0.0216. The number of carbonyl (C=O) groups excluding carboxylic acids is 2. The predicted molar refractivity (Wildman–Crippen MR) is 440 cm³/mol. The Kier molecular flexibility index (Phi) is 80.5. The Labute approximate surface area is 1080 Å². The summed E-state index contributed by atoms with van der Waals surface area (Å²) in [4.78, 5) is 26.3. The van der Waals surface area contributed by atoms with Gasteiger partial charge in [0, 0.05) is 438 Å². The van der Waals surface area contributed by atoms with E-state index in [9.17, 15) is 191 Å². The van der Waals surface area contributed by atoms with E-state index in [1.54, 1.807) is 0 Å². The van der Waals surface area contributed by atoms with Gasteiger partial charge in [0.25, 0.3) is 0 Å². The van der Waals surface area contributed by atoms with Gasteiger partial charge >= 0.3 is 146 Å². The van der Waals surface area contributed by atoms with E-state index in [0.717, 1.165) is 48.5 Å². The fourth-order valence-corrected chi connectivity index (χ4v) is 16.5. The predicted octanol–water partition coefficient (Wildman–Crippen LogP) is -14.7. The van der Waals surface area contributed by atoms with Crippen LogP contribution in [0.5, 0.6) is 11.5 Å². The van der Waals surface area contributed by atoms with Gasteiger partial charge in [0.1, 0.15) is 84.7 Å². The van der Waals surface area contributed by atoms with Gasteiger partial charge in [-0.2, -0.15) is 118 Å². The third-order valence-electron chi connectivity index (χ3n) is 14.2. The van der Waals surface area contributed by atoms with Gasteiger partial charge in [-0.3, -0.25) is 73.3 Å². The van der Waals surface area contributed by atoms with Gasteiger partial charge in [-0.25, -0.2) is 58.6 Å². The SMILES string of the molecule is O=C(CCC(=O)Nc1ccc(O[C@@H]2O[C@H](COS(=O)(=O)O)[C@@H](O[C@@H]3O[C@H](COS(=O)(=O)O)[C@@H](OS(=O)(=O)O)[C@H](OS(=O)(=O)O)[C@H]3OS(=O)(=O)O)[C@H](OS(=O)(=O)O)[C@H]2OS(=O)(=O)O)cc1)Nc1ccc(O[C@@H]2O[C@H](COS(=O)(=O)O)[C@@H](O[C@@H]3O[C@H](COS(=O)(=O)O)[C@@H](OS(=O)(=O)O)[C@H](OS(=O)(=O)O)[C@H]3OS(=O)(=O)O)[C@H](OS(=O)(=O)O)[C@H]2OS(=O)(=O)O)cc1.[Na].[Na].[Na].[Na].[Na].[Na].[Na].[Na].[Na].[Na].[Na].[Na].[Na].[Na]. The molecule has 96 heteroatoms. The summed E-state index contributed by atoms with van der Waals surface area (Å²) in [5.41, 5.74) is -0.619. The summed E-state index contributed by atoms with van der Waals surface area (Å²) in [6.07, 6.45) is -65.5. The van der Waals surface area contributed by atoms with Gasteiger partial charge in [0.2, 0.25) is 24.4 Å². The first-order valence-corrected chi connectivity index (χ1v) is 49.1. The molecule has 68 nitrogen and oxygen atoms in total. The number of nitrogens with one attached hydrogen (secondary N) is 2. The third-order valence-corrected chi connectivity index (χ3v) is 20.5. The summed E-state index contributed by atoms with van der Waals surface area (Å²) in [5, 5.41) is 4.45. The van der Waals surface area contributed by atoms with Crippen LogP contribution in [0, 0.1) is 0 Å². The molecule has 2 amide bonds. The van der Waals surface area contributed by atoms with Crippen LogP contribution in [0.2, 0.25) is 0 Å². The number of benzene rings is 2. The van der Waals surface area contributed by atoms with Gasteiger partial charge in [-0.05, 0) is 48.5 Å². The fraction of sp³-hybridized carbons (Fsp3) is 0.650. The van der Waals surface area contributed by atoms with Crippen LogP contribution in [-0.4, -0.2) is 756 Å². The van der Waals surface area contributed by atoms with Gasteiger partial charge < -0.3 is 48.5 Å². The largest absolute Gasteiger partial charge is 0.462 e. The van der Waals surface area contributed by atoms with Gasteiger partial charge in [0.15, 0.2) is 37.0 Å². The Morgan fingerprint density at radius 3 is 0.581 bits per heavy atom. The van der Waals surface area contributed by atoms with Gasteiger partial charge in [0.05, 0.1) is 26.4 Å². The zero-order chi connectivity index (χ0) is 92.9. The van der Waals surface area contributed by atoms with Crippen LogP contribution in [-0.2, 0) is 242 Å². The Hall–Kier alpha value is 8.92. The maximum Gasteiger partial charge on any atom is 0.397 e. The van der Waals surface area contributed by atoms with Crippen molar-refractivity contribution in [3.05, 3.63) is 48.5 Å². The van der Waals surface area contributed by atoms with Crippen molar-refractivity contribution in [3.63, 3.8) is 0 Å². The van der Waals surface area contributed by atoms with Crippen LogP contribution in [0.15, 0.2) is 48.5 Å². The standard InChI is InChI=1S/C40H56N2O66S14.14Na/c43-23(41-15-1-5-17(6-2-15)91-37-33(105-119(75,76)77)29(101-115(63,64)65)25(19(93-37)11-87-109(45,46)47)97-39-35(107-121(81,82)83)31(103-117(69,70)71)27(99-113(57,58)59)21(95-39)13-89-111(51,52)53)9-10-24(44)42-16-3-7-18(8-4-16)92-38-34(106-120(78,79)80)30(102-116(66,67)68)26(20(94-38)12-88-110(48,49)50)98-40-36(108-122(84,85)86)32(104-118(72,73)74)28(100-114(60,61)62)22(96-40)14-90-112(54,55)56;;;;;;;;;;;;;;/h1-8,19-22,25-40H,9-14H2,(H,41,43)(H,42,44)(H,45,46,47)(H,48,49,50)(H,51,52,53)(H,54,55,56)(H,57,58,59)(H,60,61,62)(H,63,64,65)(H,66,67,68)(H,69,70,71)(H,72,73,74)(H,75,76,77)(H,78,79,80)(H,81,82,83)(H,84,85,86);;;;;;;;;;;;;;/t19-,20-,21-,22-,25-,26-,27-,28-,29+,30+,31+,32+,33-,34-,35-,36-,37-,38-,39+,40+;;;;;;;;;;;;;;/m1............../s1. The zero-order valence-corrected chi connectivity index (χ0v) is 111. The first-order valence-electron chi connectivity index (χ1n) is 30.0. The number of ether oxygens (including phenoxy) is 8. The smallest absolute Gasteiger partial charge is 0.397 e. The van der Waals surface area contributed by atoms with Gasteiger partial charge in [-0.15, -0.1) is 0 Å². The van der Waals surface area contributed by atoms with Crippen LogP contribution in [0.25, 0.3) is 0 Å². The van der Waals surface area contributed by atoms with Crippen molar-refractivity contribution in [3.8, 4) is 11.5 Å². The average molecular weight is 2390 g/mol. The summed E-state index contributed by atoms with van der Waals surface area (Å²) in [7, 11) is -86.0. The maximum atomic E-state index is 13.2. The minimum Gasteiger partial charge on any atom is -0.462 e. The molecule has 720 valence electrons. The summed E-state index contributed by atoms with van der Waals surface area (Å²) in [6, 6.07) is 6.48. The number of hydrogen-bond acceptors (Lipinski definition) is 52. The topological polar surface area (TPSA) is 1020 Å². The number of carbonyl (C=O) groups is 2. The summed E-state index contributed by atoms with van der Waals surface area (Å²) >= 11 is 0. The van der Waals surface area contributed by atoms with E-state index < -0.39 is 331 Å². The van der Waals surface area contributed by atoms with Crippen molar-refractivity contribution in [1.29, 1.82) is 0 Å². The second kappa shape index (κ2) is 67.4. The van der Waals surface area contributed by atoms with Crippen LogP contribution in [0.1, 0.15) is 12.8 Å². The molecule has 0 spiro atoms. The number of amides is 2. The molecule has 4 saturated heterocycles. The summed E-state index contributed by atoms with van der Waals surface area (Å²) in [6.45, 7) is -7.86. The minimum atomic E-state index is -6.32. The molecule has 14 radical (unpaired) electrons. The molecular weight excluding hydrogens is 2340 g/mol. The van der Waals surface area contributed by atoms with E-state index >= 15 is 0 Å². The Morgan fingerprint density at radius 2 is 0.390 bits per heavy atom. The fourth-order valence-electron chi connectivity index (χ4n) is 10.4. The second-order valence-corrected chi connectivity index (χ2v) is 37.8. The molecule has 0 aromatic heterocycles. The molecule has 2 aromatic carbocycles. The van der Waals surface area contributed by atoms with Crippen molar-refractivity contribution < 1.29 is 288 Å². The van der Waals surface area contributed by atoms with Gasteiger partial charge in [-0.1, -0.05) is 0 Å². The van der Waals surface area contributed by atoms with E-state index in [2.05, 4.69) is 69.2 Å². The van der Waals surface area contributed by atoms with E-state index in [1.165, 1.54) is 0 Å². The molecule has 4 aliphatic rings. The van der Waals surface area contributed by atoms with E-state index in [4.69, 9.17) is 37.9 Å². The second-order valence-electron chi connectivity index (χ2n) is 23.0. The van der Waals surface area contributed by atoms with E-state index in [1.807, 2.05) is 0 Å². The van der Waals surface area contributed by atoms with Crippen LogP contribution in [0.4, 0.5) is 11.4 Å². The molecule has 0 bridgehead atoms. The van der Waals surface area contributed by atoms with E-state index in [0.29, 0.717) is 0 Å². The molecule has 16 N–H and O–H groups in total. The van der Waals surface area contributed by atoms with Crippen LogP contribution >= 0.6 is 0 Å². The minimum absolute atomic E-state index is 0. The zero-order valence-electron chi connectivity index (χ0n) is 71.6. The molecule has 0 saturated carbocycles. The Morgan fingerprint density at radius 1 is 0.228 bits per heavy atom. The Balaban J connectivity index is -0.00000165. The molecule has 0 aliphatic carbocycles. The normalized spacial score (nSPS) is 25.7. The molecule has 4 heterocycles. The first-order chi connectivity index (χ1) is 54.9. The van der Waals surface area contributed by atoms with Crippen LogP contribution in [0.3, 0.4) is 0 Å². The van der Waals surface area contributed by atoms with Crippen molar-refractivity contribution in [2.45, 2.75) is 136 Å². The number of rotatable bonds is 45. The maximum absolute atomic E-state index is 13.2. The van der Waals surface area contributed by atoms with Crippen LogP contribution < -0.4 is 20.1 Å². The van der Waals surface area contributed by atoms with Crippen molar-refractivity contribution in [1.82, 2.24) is 0 Å². The molecule has 4 fully saturated rings. The third kappa shape index (κ3) is 64.1. The molecule has 0 unspecified atom stereocenters. The molecule has 6 rings (SSSR count). The molecule has 4 aliphatic heterocycles. The summed E-state index contributed by atoms with van der Waals surface area (Å²) < 4.78 is 577. The van der Waals surface area contributed by atoms with Crippen molar-refractivity contribution in [2.24, 2.45) is 0 Å².